The monoisotopic (exact) mass is 390 g/mol. The molecule has 3 heteroatoms. The second-order valence-electron chi connectivity index (χ2n) is 6.89. The van der Waals surface area contributed by atoms with Gasteiger partial charge < -0.3 is 5.11 Å². The van der Waals surface area contributed by atoms with Gasteiger partial charge in [-0.25, -0.2) is 0 Å². The summed E-state index contributed by atoms with van der Waals surface area (Å²) in [6.07, 6.45) is 0.724. The molecule has 0 aliphatic heterocycles. The van der Waals surface area contributed by atoms with E-state index >= 15 is 0 Å². The fourth-order valence-electron chi connectivity index (χ4n) is 3.15. The van der Waals surface area contributed by atoms with Crippen LogP contribution in [0.1, 0.15) is 13.3 Å². The second kappa shape index (κ2) is 7.97. The summed E-state index contributed by atoms with van der Waals surface area (Å²) < 4.78 is 0. The van der Waals surface area contributed by atoms with E-state index in [4.69, 9.17) is 0 Å². The fraction of sp³-hybridized carbons (Fsp3) is 0.167. The molecule has 0 aromatic heterocycles. The van der Waals surface area contributed by atoms with Crippen molar-refractivity contribution >= 4 is 45.1 Å². The molecule has 0 spiro atoms. The predicted molar refractivity (Wildman–Crippen MR) is 120 cm³/mol. The Morgan fingerprint density at radius 1 is 0.704 bits per heavy atom. The third-order valence-corrected chi connectivity index (χ3v) is 6.74. The van der Waals surface area contributed by atoms with Gasteiger partial charge in [-0.15, -0.1) is 11.8 Å². The lowest BCUT2D eigenvalue weighted by molar-refractivity contribution is 0.155. The van der Waals surface area contributed by atoms with Crippen molar-refractivity contribution < 1.29 is 5.11 Å². The first kappa shape index (κ1) is 18.4. The van der Waals surface area contributed by atoms with E-state index in [0.29, 0.717) is 0 Å². The number of hydrogen-bond acceptors (Lipinski definition) is 3. The summed E-state index contributed by atoms with van der Waals surface area (Å²) in [5.74, 6) is 0.881. The van der Waals surface area contributed by atoms with E-state index in [1.54, 1.807) is 23.5 Å². The first-order valence-electron chi connectivity index (χ1n) is 9.11. The van der Waals surface area contributed by atoms with Gasteiger partial charge in [0.1, 0.15) is 4.93 Å². The molecule has 0 bridgehead atoms. The molecule has 0 radical (unpaired) electrons. The van der Waals surface area contributed by atoms with Crippen LogP contribution in [0.2, 0.25) is 0 Å². The molecule has 0 saturated heterocycles. The van der Waals surface area contributed by atoms with E-state index < -0.39 is 4.93 Å². The number of aliphatic hydroxyl groups is 1. The first-order chi connectivity index (χ1) is 13.1. The summed E-state index contributed by atoms with van der Waals surface area (Å²) in [4.78, 5) is 1.57. The largest absolute Gasteiger partial charge is 0.379 e. The smallest absolute Gasteiger partial charge is 0.112 e. The van der Waals surface area contributed by atoms with E-state index in [-0.39, 0.29) is 0 Å². The summed E-state index contributed by atoms with van der Waals surface area (Å²) in [5, 5.41) is 15.8. The summed E-state index contributed by atoms with van der Waals surface area (Å²) in [5.41, 5.74) is 0. The third kappa shape index (κ3) is 4.67. The Hall–Kier alpha value is -1.94. The number of thioether (sulfide) groups is 2. The van der Waals surface area contributed by atoms with Crippen LogP contribution in [-0.2, 0) is 0 Å². The minimum absolute atomic E-state index is 0.724. The van der Waals surface area contributed by atoms with Gasteiger partial charge in [0.2, 0.25) is 0 Å². The van der Waals surface area contributed by atoms with Crippen molar-refractivity contribution in [2.24, 2.45) is 0 Å². The van der Waals surface area contributed by atoms with Crippen LogP contribution in [0, 0.1) is 0 Å². The van der Waals surface area contributed by atoms with Gasteiger partial charge in [0.15, 0.2) is 0 Å². The normalized spacial score (nSPS) is 13.7. The molecule has 1 unspecified atom stereocenters. The van der Waals surface area contributed by atoms with Crippen molar-refractivity contribution in [3.05, 3.63) is 84.9 Å². The molecule has 1 N–H and O–H groups in total. The van der Waals surface area contributed by atoms with Gasteiger partial charge in [-0.05, 0) is 59.2 Å². The van der Waals surface area contributed by atoms with E-state index in [2.05, 4.69) is 84.9 Å². The summed E-state index contributed by atoms with van der Waals surface area (Å²) >= 11 is 3.34. The quantitative estimate of drug-likeness (QED) is 0.283. The van der Waals surface area contributed by atoms with Gasteiger partial charge in [-0.2, -0.15) is 0 Å². The summed E-state index contributed by atoms with van der Waals surface area (Å²) in [6, 6.07) is 29.7. The lowest BCUT2D eigenvalue weighted by atomic mass is 10.1. The van der Waals surface area contributed by atoms with Gasteiger partial charge in [-0.3, -0.25) is 0 Å². The minimum Gasteiger partial charge on any atom is -0.379 e. The van der Waals surface area contributed by atoms with Gasteiger partial charge in [0, 0.05) is 15.5 Å². The molecule has 4 aromatic carbocycles. The molecule has 1 nitrogen and oxygen atoms in total. The Morgan fingerprint density at radius 3 is 1.85 bits per heavy atom. The molecule has 0 amide bonds. The molecule has 0 heterocycles. The SMILES string of the molecule is CC(O)(CCSc1ccc2ccccc2c1)Sc1ccc2ccccc2c1. The second-order valence-corrected chi connectivity index (χ2v) is 9.62. The van der Waals surface area contributed by atoms with Crippen LogP contribution in [0.15, 0.2) is 94.7 Å². The number of benzene rings is 4. The Kier molecular flexibility index (Phi) is 5.44. The van der Waals surface area contributed by atoms with Gasteiger partial charge in [0.05, 0.1) is 0 Å². The van der Waals surface area contributed by atoms with Gasteiger partial charge in [0.25, 0.3) is 0 Å². The highest BCUT2D eigenvalue weighted by Crippen LogP contribution is 2.36. The topological polar surface area (TPSA) is 20.2 Å². The minimum atomic E-state index is -0.785. The molecule has 27 heavy (non-hydrogen) atoms. The van der Waals surface area contributed by atoms with Crippen LogP contribution in [0.3, 0.4) is 0 Å². The van der Waals surface area contributed by atoms with Crippen molar-refractivity contribution in [1.29, 1.82) is 0 Å². The zero-order valence-electron chi connectivity index (χ0n) is 15.3. The van der Waals surface area contributed by atoms with Crippen molar-refractivity contribution in [2.75, 3.05) is 5.75 Å². The van der Waals surface area contributed by atoms with Crippen LogP contribution < -0.4 is 0 Å². The Morgan fingerprint density at radius 2 is 1.22 bits per heavy atom. The third-order valence-electron chi connectivity index (χ3n) is 4.61. The molecular formula is C24H22OS2. The lowest BCUT2D eigenvalue weighted by Gasteiger charge is -2.22. The van der Waals surface area contributed by atoms with Crippen molar-refractivity contribution in [3.63, 3.8) is 0 Å². The number of hydrogen-bond donors (Lipinski definition) is 1. The Balaban J connectivity index is 1.38. The maximum absolute atomic E-state index is 10.8. The van der Waals surface area contributed by atoms with Crippen LogP contribution in [-0.4, -0.2) is 15.8 Å². The molecule has 0 aliphatic rings. The zero-order valence-corrected chi connectivity index (χ0v) is 16.9. The highest BCUT2D eigenvalue weighted by Gasteiger charge is 2.21. The number of rotatable bonds is 6. The Labute approximate surface area is 168 Å². The van der Waals surface area contributed by atoms with Crippen molar-refractivity contribution in [1.82, 2.24) is 0 Å². The average molecular weight is 391 g/mol. The highest BCUT2D eigenvalue weighted by atomic mass is 32.2. The van der Waals surface area contributed by atoms with E-state index in [0.717, 1.165) is 17.1 Å². The van der Waals surface area contributed by atoms with E-state index in [1.165, 1.54) is 26.4 Å². The van der Waals surface area contributed by atoms with Crippen molar-refractivity contribution in [3.8, 4) is 0 Å². The van der Waals surface area contributed by atoms with Gasteiger partial charge >= 0.3 is 0 Å². The standard InChI is InChI=1S/C24H22OS2/c1-24(25,27-23-13-11-19-7-3-5-9-21(19)17-23)14-15-26-22-12-10-18-6-2-4-8-20(18)16-22/h2-13,16-17,25H,14-15H2,1H3. The molecule has 0 fully saturated rings. The summed E-state index contributed by atoms with van der Waals surface area (Å²) in [7, 11) is 0. The maximum Gasteiger partial charge on any atom is 0.112 e. The molecular weight excluding hydrogens is 368 g/mol. The van der Waals surface area contributed by atoms with Crippen LogP contribution in [0.5, 0.6) is 0 Å². The van der Waals surface area contributed by atoms with E-state index in [9.17, 15) is 5.11 Å². The average Bonchev–Trinajstić information content (AvgIpc) is 2.67. The molecule has 4 aromatic rings. The van der Waals surface area contributed by atoms with E-state index in [1.807, 2.05) is 6.92 Å². The first-order valence-corrected chi connectivity index (χ1v) is 10.9. The summed E-state index contributed by atoms with van der Waals surface area (Å²) in [6.45, 7) is 1.91. The Bertz CT molecular complexity index is 1070. The van der Waals surface area contributed by atoms with Crippen LogP contribution in [0.25, 0.3) is 21.5 Å². The fourth-order valence-corrected chi connectivity index (χ4v) is 5.42. The van der Waals surface area contributed by atoms with Gasteiger partial charge in [-0.1, -0.05) is 72.4 Å². The van der Waals surface area contributed by atoms with Crippen molar-refractivity contribution in [2.45, 2.75) is 28.1 Å². The zero-order chi connectivity index (χ0) is 18.7. The molecule has 1 atom stereocenters. The predicted octanol–water partition coefficient (Wildman–Crippen LogP) is 6.98. The molecule has 136 valence electrons. The molecule has 0 saturated carbocycles. The lowest BCUT2D eigenvalue weighted by Crippen LogP contribution is -2.19. The maximum atomic E-state index is 10.8. The molecule has 0 aliphatic carbocycles. The van der Waals surface area contributed by atoms with Crippen LogP contribution >= 0.6 is 23.5 Å². The number of fused-ring (bicyclic) bond motifs is 2. The van der Waals surface area contributed by atoms with Crippen LogP contribution in [0.4, 0.5) is 0 Å². The molecule has 4 rings (SSSR count). The highest BCUT2D eigenvalue weighted by molar-refractivity contribution is 8.01.